The van der Waals surface area contributed by atoms with Gasteiger partial charge in [0.2, 0.25) is 11.9 Å². The molecule has 0 spiro atoms. The lowest BCUT2D eigenvalue weighted by Gasteiger charge is -2.19. The highest BCUT2D eigenvalue weighted by atomic mass is 16.1. The number of benzene rings is 2. The van der Waals surface area contributed by atoms with E-state index in [1.54, 1.807) is 10.9 Å². The van der Waals surface area contributed by atoms with Crippen LogP contribution in [0.15, 0.2) is 73.1 Å². The van der Waals surface area contributed by atoms with Gasteiger partial charge in [-0.15, -0.1) is 0 Å². The number of imidazole rings is 1. The number of carbonyl (C=O) groups is 1. The van der Waals surface area contributed by atoms with Crippen molar-refractivity contribution in [3.05, 3.63) is 89.7 Å². The molecule has 9 nitrogen and oxygen atoms in total. The van der Waals surface area contributed by atoms with E-state index in [0.29, 0.717) is 47.5 Å². The molecule has 39 heavy (non-hydrogen) atoms. The number of nitrogens with zero attached hydrogens (tertiary/aromatic N) is 6. The number of carbonyl (C=O) groups excluding carboxylic acids is 1. The fourth-order valence-corrected chi connectivity index (χ4v) is 4.41. The second kappa shape index (κ2) is 11.1. The zero-order valence-corrected chi connectivity index (χ0v) is 22.8. The van der Waals surface area contributed by atoms with E-state index >= 15 is 0 Å². The van der Waals surface area contributed by atoms with E-state index in [1.165, 1.54) is 5.56 Å². The molecule has 0 fully saturated rings. The van der Waals surface area contributed by atoms with E-state index in [2.05, 4.69) is 55.6 Å². The van der Waals surface area contributed by atoms with Crippen LogP contribution in [0.2, 0.25) is 0 Å². The molecule has 3 heterocycles. The highest BCUT2D eigenvalue weighted by Crippen LogP contribution is 2.26. The van der Waals surface area contributed by atoms with Crippen molar-refractivity contribution in [1.82, 2.24) is 29.3 Å². The number of hydrogen-bond donors (Lipinski definition) is 2. The summed E-state index contributed by atoms with van der Waals surface area (Å²) >= 11 is 0. The first-order valence-electron chi connectivity index (χ1n) is 13.3. The molecule has 0 aliphatic rings. The summed E-state index contributed by atoms with van der Waals surface area (Å²) < 4.78 is 3.72. The van der Waals surface area contributed by atoms with Gasteiger partial charge in [0.05, 0.1) is 0 Å². The number of nitrogens with one attached hydrogen (secondary N) is 2. The van der Waals surface area contributed by atoms with E-state index in [4.69, 9.17) is 15.0 Å². The van der Waals surface area contributed by atoms with Crippen LogP contribution in [0.1, 0.15) is 55.6 Å². The minimum Gasteiger partial charge on any atom is -0.354 e. The lowest BCUT2D eigenvalue weighted by molar-refractivity contribution is 0.102. The van der Waals surface area contributed by atoms with Gasteiger partial charge in [0.15, 0.2) is 17.0 Å². The number of aryl methyl sites for hydroxylation is 1. The van der Waals surface area contributed by atoms with Crippen molar-refractivity contribution >= 4 is 28.8 Å². The maximum atomic E-state index is 13.3. The first-order valence-corrected chi connectivity index (χ1v) is 13.3. The van der Waals surface area contributed by atoms with Crippen LogP contribution < -0.4 is 10.6 Å². The number of aromatic nitrogens is 6. The van der Waals surface area contributed by atoms with E-state index < -0.39 is 0 Å². The summed E-state index contributed by atoms with van der Waals surface area (Å²) in [5.41, 5.74) is 4.09. The van der Waals surface area contributed by atoms with Crippen molar-refractivity contribution < 1.29 is 4.79 Å². The standard InChI is InChI=1S/C30H34N8O/c1-5-19-37-26-24(33-29(37)38-20-9-17-32-38)25(34-27(39)22-12-14-23(15-13-22)30(2,3)4)35-28(36-26)31-18-16-21-10-7-6-8-11-21/h6-15,17,20H,5,16,18-19H2,1-4H3,(H2,31,34,35,36,39). The lowest BCUT2D eigenvalue weighted by Crippen LogP contribution is -2.16. The second-order valence-electron chi connectivity index (χ2n) is 10.5. The summed E-state index contributed by atoms with van der Waals surface area (Å²) in [7, 11) is 0. The van der Waals surface area contributed by atoms with Gasteiger partial charge in [0.1, 0.15) is 0 Å². The first-order chi connectivity index (χ1) is 18.8. The molecule has 200 valence electrons. The number of hydrogen-bond acceptors (Lipinski definition) is 6. The van der Waals surface area contributed by atoms with Crippen molar-refractivity contribution in [3.63, 3.8) is 0 Å². The maximum Gasteiger partial charge on any atom is 0.256 e. The highest BCUT2D eigenvalue weighted by molar-refractivity contribution is 6.07. The van der Waals surface area contributed by atoms with Crippen LogP contribution in [-0.2, 0) is 18.4 Å². The molecule has 3 aromatic heterocycles. The Balaban J connectivity index is 1.51. The van der Waals surface area contributed by atoms with Crippen LogP contribution in [0.25, 0.3) is 17.1 Å². The zero-order valence-electron chi connectivity index (χ0n) is 22.8. The summed E-state index contributed by atoms with van der Waals surface area (Å²) in [6.07, 6.45) is 5.25. The Kier molecular flexibility index (Phi) is 7.40. The van der Waals surface area contributed by atoms with Crippen LogP contribution in [0, 0.1) is 0 Å². The number of amides is 1. The molecular formula is C30H34N8O. The molecule has 2 aromatic carbocycles. The Morgan fingerprint density at radius 2 is 1.72 bits per heavy atom. The van der Waals surface area contributed by atoms with E-state index in [9.17, 15) is 4.79 Å². The maximum absolute atomic E-state index is 13.3. The van der Waals surface area contributed by atoms with E-state index in [-0.39, 0.29) is 11.3 Å². The topological polar surface area (TPSA) is 103 Å². The SMILES string of the molecule is CCCn1c(-n2cccn2)nc2c(NC(=O)c3ccc(C(C)(C)C)cc3)nc(NCCc3ccccc3)nc21. The van der Waals surface area contributed by atoms with Crippen LogP contribution in [0.5, 0.6) is 0 Å². The van der Waals surface area contributed by atoms with Crippen molar-refractivity contribution in [2.24, 2.45) is 0 Å². The van der Waals surface area contributed by atoms with Crippen LogP contribution >= 0.6 is 0 Å². The van der Waals surface area contributed by atoms with Gasteiger partial charge < -0.3 is 10.6 Å². The van der Waals surface area contributed by atoms with Gasteiger partial charge in [0.25, 0.3) is 5.91 Å². The second-order valence-corrected chi connectivity index (χ2v) is 10.5. The quantitative estimate of drug-likeness (QED) is 0.260. The van der Waals surface area contributed by atoms with Gasteiger partial charge in [-0.05, 0) is 47.6 Å². The van der Waals surface area contributed by atoms with E-state index in [0.717, 1.165) is 18.4 Å². The third-order valence-electron chi connectivity index (χ3n) is 6.52. The van der Waals surface area contributed by atoms with Crippen LogP contribution in [0.3, 0.4) is 0 Å². The molecule has 5 aromatic rings. The molecule has 0 unspecified atom stereocenters. The summed E-state index contributed by atoms with van der Waals surface area (Å²) in [6, 6.07) is 19.8. The van der Waals surface area contributed by atoms with Crippen molar-refractivity contribution in [2.45, 2.75) is 52.5 Å². The monoisotopic (exact) mass is 522 g/mol. The van der Waals surface area contributed by atoms with Crippen molar-refractivity contribution in [2.75, 3.05) is 17.2 Å². The van der Waals surface area contributed by atoms with Gasteiger partial charge in [0, 0.05) is 31.0 Å². The summed E-state index contributed by atoms with van der Waals surface area (Å²) in [5.74, 6) is 1.16. The molecule has 5 rings (SSSR count). The largest absolute Gasteiger partial charge is 0.354 e. The summed E-state index contributed by atoms with van der Waals surface area (Å²) in [4.78, 5) is 27.7. The molecular weight excluding hydrogens is 488 g/mol. The minimum absolute atomic E-state index is 0.00313. The molecule has 0 radical (unpaired) electrons. The van der Waals surface area contributed by atoms with Gasteiger partial charge in [-0.3, -0.25) is 9.36 Å². The Hall–Kier alpha value is -4.53. The first kappa shape index (κ1) is 26.1. The van der Waals surface area contributed by atoms with Gasteiger partial charge in [-0.2, -0.15) is 15.1 Å². The lowest BCUT2D eigenvalue weighted by atomic mass is 9.87. The van der Waals surface area contributed by atoms with Gasteiger partial charge >= 0.3 is 0 Å². The van der Waals surface area contributed by atoms with Crippen LogP contribution in [-0.4, -0.2) is 41.8 Å². The Bertz CT molecular complexity index is 1550. The van der Waals surface area contributed by atoms with Crippen molar-refractivity contribution in [3.8, 4) is 5.95 Å². The third-order valence-corrected chi connectivity index (χ3v) is 6.52. The van der Waals surface area contributed by atoms with Crippen molar-refractivity contribution in [1.29, 1.82) is 0 Å². The number of fused-ring (bicyclic) bond motifs is 1. The van der Waals surface area contributed by atoms with E-state index in [1.807, 2.05) is 59.3 Å². The predicted octanol–water partition coefficient (Wildman–Crippen LogP) is 5.63. The average molecular weight is 523 g/mol. The molecule has 0 atom stereocenters. The molecule has 0 bridgehead atoms. The smallest absolute Gasteiger partial charge is 0.256 e. The fraction of sp³-hybridized carbons (Fsp3) is 0.300. The normalized spacial score (nSPS) is 11.6. The van der Waals surface area contributed by atoms with Gasteiger partial charge in [-0.25, -0.2) is 9.67 Å². The molecule has 0 aliphatic heterocycles. The predicted molar refractivity (Wildman–Crippen MR) is 154 cm³/mol. The Labute approximate surface area is 228 Å². The molecule has 0 saturated heterocycles. The molecule has 9 heteroatoms. The molecule has 0 aliphatic carbocycles. The highest BCUT2D eigenvalue weighted by Gasteiger charge is 2.21. The molecule has 1 amide bonds. The average Bonchev–Trinajstić information content (AvgIpc) is 3.58. The van der Waals surface area contributed by atoms with Gasteiger partial charge in [-0.1, -0.05) is 70.2 Å². The molecule has 0 saturated carbocycles. The number of anilines is 2. The number of rotatable bonds is 9. The van der Waals surface area contributed by atoms with Crippen LogP contribution in [0.4, 0.5) is 11.8 Å². The minimum atomic E-state index is -0.253. The zero-order chi connectivity index (χ0) is 27.4. The fourth-order valence-electron chi connectivity index (χ4n) is 4.41. The molecule has 2 N–H and O–H groups in total. The Morgan fingerprint density at radius 3 is 2.38 bits per heavy atom. The third kappa shape index (κ3) is 5.82. The Morgan fingerprint density at radius 1 is 0.949 bits per heavy atom. The summed E-state index contributed by atoms with van der Waals surface area (Å²) in [6.45, 7) is 9.88. The summed E-state index contributed by atoms with van der Waals surface area (Å²) in [5, 5.41) is 10.7.